The summed E-state index contributed by atoms with van der Waals surface area (Å²) in [5, 5.41) is 17.5. The summed E-state index contributed by atoms with van der Waals surface area (Å²) in [6, 6.07) is 6.32. The van der Waals surface area contributed by atoms with Crippen molar-refractivity contribution in [2.45, 2.75) is 0 Å². The maximum absolute atomic E-state index is 9.10. The largest absolute Gasteiger partial charge is 0.506 e. The molecule has 0 atom stereocenters. The molecule has 0 fully saturated rings. The highest BCUT2D eigenvalue weighted by atomic mass is 16.3. The third kappa shape index (κ3) is 1.39. The minimum Gasteiger partial charge on any atom is -0.506 e. The molecular weight excluding hydrogens is 142 g/mol. The number of hydrazine groups is 1. The van der Waals surface area contributed by atoms with Gasteiger partial charge in [0.15, 0.2) is 0 Å². The third-order valence-corrected chi connectivity index (χ3v) is 1.28. The molecule has 4 nitrogen and oxygen atoms in total. The normalized spacial score (nSPS) is 8.73. The Morgan fingerprint density at radius 1 is 1.55 bits per heavy atom. The monoisotopic (exact) mass is 149 g/mol. The number of nitrogen functional groups attached to an aromatic ring is 1. The Morgan fingerprint density at radius 2 is 2.27 bits per heavy atom. The van der Waals surface area contributed by atoms with Crippen molar-refractivity contribution in [3.63, 3.8) is 0 Å². The predicted molar refractivity (Wildman–Crippen MR) is 40.6 cm³/mol. The molecule has 1 aromatic carbocycles. The number of nitriles is 1. The fraction of sp³-hybridized carbons (Fsp3) is 0. The van der Waals surface area contributed by atoms with Gasteiger partial charge in [-0.2, -0.15) is 5.26 Å². The predicted octanol–water partition coefficient (Wildman–Crippen LogP) is 0.549. The number of benzene rings is 1. The lowest BCUT2D eigenvalue weighted by molar-refractivity contribution is 0.474. The van der Waals surface area contributed by atoms with Gasteiger partial charge in [-0.1, -0.05) is 0 Å². The number of nitrogens with two attached hydrogens (primary N) is 1. The lowest BCUT2D eigenvalue weighted by Gasteiger charge is -2.00. The molecule has 0 amide bonds. The molecule has 0 aliphatic carbocycles. The van der Waals surface area contributed by atoms with E-state index in [1.54, 1.807) is 6.07 Å². The molecule has 56 valence electrons. The molecule has 11 heavy (non-hydrogen) atoms. The van der Waals surface area contributed by atoms with Gasteiger partial charge in [0.25, 0.3) is 0 Å². The van der Waals surface area contributed by atoms with Gasteiger partial charge in [-0.3, -0.25) is 5.84 Å². The minimum atomic E-state index is -0.0667. The standard InChI is InChI=1S/C7H7N3O/c8-4-5-1-2-6(10-9)3-7(5)11/h1-3,10-11H,9H2. The average molecular weight is 149 g/mol. The average Bonchev–Trinajstić information content (AvgIpc) is 2.04. The van der Waals surface area contributed by atoms with Crippen LogP contribution in [-0.4, -0.2) is 5.11 Å². The maximum atomic E-state index is 9.10. The SMILES string of the molecule is N#Cc1ccc(NN)cc1O. The van der Waals surface area contributed by atoms with Crippen LogP contribution >= 0.6 is 0 Å². The van der Waals surface area contributed by atoms with Gasteiger partial charge >= 0.3 is 0 Å². The van der Waals surface area contributed by atoms with E-state index in [0.717, 1.165) is 0 Å². The van der Waals surface area contributed by atoms with E-state index in [9.17, 15) is 0 Å². The highest BCUT2D eigenvalue weighted by Gasteiger charge is 1.98. The number of phenols is 1. The topological polar surface area (TPSA) is 82.1 Å². The van der Waals surface area contributed by atoms with E-state index < -0.39 is 0 Å². The van der Waals surface area contributed by atoms with Gasteiger partial charge in [-0.15, -0.1) is 0 Å². The first-order chi connectivity index (χ1) is 5.27. The summed E-state index contributed by atoms with van der Waals surface area (Å²) in [4.78, 5) is 0. The van der Waals surface area contributed by atoms with Crippen molar-refractivity contribution >= 4 is 5.69 Å². The van der Waals surface area contributed by atoms with Gasteiger partial charge in [0.2, 0.25) is 0 Å². The fourth-order valence-corrected chi connectivity index (χ4v) is 0.716. The number of nitrogens with zero attached hydrogens (tertiary/aromatic N) is 1. The van der Waals surface area contributed by atoms with E-state index in [1.807, 2.05) is 6.07 Å². The third-order valence-electron chi connectivity index (χ3n) is 1.28. The molecule has 4 N–H and O–H groups in total. The van der Waals surface area contributed by atoms with Crippen LogP contribution in [0, 0.1) is 11.3 Å². The van der Waals surface area contributed by atoms with Crippen molar-refractivity contribution in [3.05, 3.63) is 23.8 Å². The zero-order valence-electron chi connectivity index (χ0n) is 5.70. The number of hydrogen-bond acceptors (Lipinski definition) is 4. The Hall–Kier alpha value is -1.73. The molecule has 0 aromatic heterocycles. The van der Waals surface area contributed by atoms with Gasteiger partial charge < -0.3 is 10.5 Å². The van der Waals surface area contributed by atoms with Crippen LogP contribution in [0.25, 0.3) is 0 Å². The van der Waals surface area contributed by atoms with E-state index in [-0.39, 0.29) is 11.3 Å². The Labute approximate surface area is 63.8 Å². The first kappa shape index (κ1) is 7.38. The quantitative estimate of drug-likeness (QED) is 0.402. The summed E-state index contributed by atoms with van der Waals surface area (Å²) in [6.45, 7) is 0. The van der Waals surface area contributed by atoms with E-state index in [4.69, 9.17) is 16.2 Å². The number of aromatic hydroxyl groups is 1. The molecule has 0 saturated carbocycles. The first-order valence-corrected chi connectivity index (χ1v) is 2.97. The highest BCUT2D eigenvalue weighted by molar-refractivity contribution is 5.54. The van der Waals surface area contributed by atoms with Crippen LogP contribution in [0.15, 0.2) is 18.2 Å². The van der Waals surface area contributed by atoms with Crippen LogP contribution in [0.5, 0.6) is 5.75 Å². The molecule has 0 unspecified atom stereocenters. The van der Waals surface area contributed by atoms with Gasteiger partial charge in [-0.25, -0.2) is 0 Å². The van der Waals surface area contributed by atoms with Crippen molar-refractivity contribution < 1.29 is 5.11 Å². The van der Waals surface area contributed by atoms with Crippen LogP contribution < -0.4 is 11.3 Å². The second-order valence-electron chi connectivity index (χ2n) is 1.99. The van der Waals surface area contributed by atoms with Crippen LogP contribution in [-0.2, 0) is 0 Å². The minimum absolute atomic E-state index is 0.0667. The summed E-state index contributed by atoms with van der Waals surface area (Å²) in [6.07, 6.45) is 0. The fourth-order valence-electron chi connectivity index (χ4n) is 0.716. The lowest BCUT2D eigenvalue weighted by atomic mass is 10.2. The summed E-state index contributed by atoms with van der Waals surface area (Å²) >= 11 is 0. The summed E-state index contributed by atoms with van der Waals surface area (Å²) in [7, 11) is 0. The molecule has 0 aliphatic heterocycles. The summed E-state index contributed by atoms with van der Waals surface area (Å²) in [5.41, 5.74) is 3.16. The number of rotatable bonds is 1. The smallest absolute Gasteiger partial charge is 0.135 e. The van der Waals surface area contributed by atoms with Crippen molar-refractivity contribution in [1.29, 1.82) is 5.26 Å². The Kier molecular flexibility index (Phi) is 1.95. The van der Waals surface area contributed by atoms with Crippen molar-refractivity contribution in [1.82, 2.24) is 0 Å². The van der Waals surface area contributed by atoms with Crippen molar-refractivity contribution in [3.8, 4) is 11.8 Å². The zero-order chi connectivity index (χ0) is 8.27. The number of phenolic OH excluding ortho intramolecular Hbond substituents is 1. The van der Waals surface area contributed by atoms with Crippen LogP contribution in [0.2, 0.25) is 0 Å². The molecular formula is C7H7N3O. The molecule has 0 aliphatic rings. The van der Waals surface area contributed by atoms with E-state index in [2.05, 4.69) is 5.43 Å². The first-order valence-electron chi connectivity index (χ1n) is 2.97. The zero-order valence-corrected chi connectivity index (χ0v) is 5.70. The van der Waals surface area contributed by atoms with E-state index in [0.29, 0.717) is 5.69 Å². The second kappa shape index (κ2) is 2.90. The summed E-state index contributed by atoms with van der Waals surface area (Å²) in [5.74, 6) is 5.00. The molecule has 0 bridgehead atoms. The van der Waals surface area contributed by atoms with Crippen LogP contribution in [0.4, 0.5) is 5.69 Å². The maximum Gasteiger partial charge on any atom is 0.135 e. The number of hydrogen-bond donors (Lipinski definition) is 3. The molecule has 0 heterocycles. The van der Waals surface area contributed by atoms with Gasteiger partial charge in [-0.05, 0) is 12.1 Å². The molecule has 0 radical (unpaired) electrons. The molecule has 4 heteroatoms. The molecule has 1 rings (SSSR count). The number of nitrogens with one attached hydrogen (secondary N) is 1. The van der Waals surface area contributed by atoms with E-state index >= 15 is 0 Å². The van der Waals surface area contributed by atoms with Crippen molar-refractivity contribution in [2.24, 2.45) is 5.84 Å². The van der Waals surface area contributed by atoms with Crippen LogP contribution in [0.3, 0.4) is 0 Å². The Bertz CT molecular complexity index is 303. The second-order valence-corrected chi connectivity index (χ2v) is 1.99. The number of anilines is 1. The van der Waals surface area contributed by atoms with Gasteiger partial charge in [0.1, 0.15) is 11.8 Å². The van der Waals surface area contributed by atoms with Gasteiger partial charge in [0.05, 0.1) is 11.3 Å². The van der Waals surface area contributed by atoms with Crippen molar-refractivity contribution in [2.75, 3.05) is 5.43 Å². The van der Waals surface area contributed by atoms with Crippen LogP contribution in [0.1, 0.15) is 5.56 Å². The van der Waals surface area contributed by atoms with E-state index in [1.165, 1.54) is 12.1 Å². The Morgan fingerprint density at radius 3 is 2.73 bits per heavy atom. The summed E-state index contributed by atoms with van der Waals surface area (Å²) < 4.78 is 0. The molecule has 1 aromatic rings. The molecule has 0 saturated heterocycles. The van der Waals surface area contributed by atoms with Gasteiger partial charge in [0, 0.05) is 6.07 Å². The Balaban J connectivity index is 3.12. The lowest BCUT2D eigenvalue weighted by Crippen LogP contribution is -2.06. The molecule has 0 spiro atoms. The highest BCUT2D eigenvalue weighted by Crippen LogP contribution is 2.19.